The second kappa shape index (κ2) is 4.57. The molecule has 0 heterocycles. The molecule has 0 aliphatic heterocycles. The van der Waals surface area contributed by atoms with Crippen molar-refractivity contribution in [3.05, 3.63) is 66.3 Å². The number of hydrogen-bond acceptors (Lipinski definition) is 1. The minimum absolute atomic E-state index is 0.0237. The zero-order valence-corrected chi connectivity index (χ0v) is 12.2. The van der Waals surface area contributed by atoms with Crippen LogP contribution in [0, 0.1) is 5.92 Å². The molecule has 2 unspecified atom stereocenters. The minimum atomic E-state index is 0.0237. The highest BCUT2D eigenvalue weighted by Crippen LogP contribution is 2.41. The Morgan fingerprint density at radius 1 is 1.05 bits per heavy atom. The van der Waals surface area contributed by atoms with E-state index in [0.717, 1.165) is 4.90 Å². The Kier molecular flexibility index (Phi) is 3.02. The Balaban J connectivity index is 2.23. The fraction of sp³-hybridized carbons (Fsp3) is 0.222. The van der Waals surface area contributed by atoms with Crippen molar-refractivity contribution in [2.75, 3.05) is 0 Å². The van der Waals surface area contributed by atoms with Crippen molar-refractivity contribution < 1.29 is 0 Å². The first-order chi connectivity index (χ1) is 9.13. The van der Waals surface area contributed by atoms with E-state index in [0.29, 0.717) is 5.92 Å². The molecular weight excluding hydrogens is 248 g/mol. The lowest BCUT2D eigenvalue weighted by atomic mass is 9.70. The zero-order valence-electron chi connectivity index (χ0n) is 11.3. The Morgan fingerprint density at radius 2 is 1.84 bits per heavy atom. The molecule has 0 saturated heterocycles. The van der Waals surface area contributed by atoms with Gasteiger partial charge in [0.1, 0.15) is 0 Å². The van der Waals surface area contributed by atoms with Crippen molar-refractivity contribution in [1.29, 1.82) is 0 Å². The second-order valence-electron chi connectivity index (χ2n) is 5.50. The summed E-state index contributed by atoms with van der Waals surface area (Å²) in [5, 5.41) is 2.49. The molecule has 1 heteroatoms. The van der Waals surface area contributed by atoms with Gasteiger partial charge in [0, 0.05) is 10.3 Å². The van der Waals surface area contributed by atoms with Crippen LogP contribution in [0.5, 0.6) is 0 Å². The van der Waals surface area contributed by atoms with E-state index >= 15 is 0 Å². The Labute approximate surface area is 120 Å². The predicted molar refractivity (Wildman–Crippen MR) is 86.0 cm³/mol. The Bertz CT molecular complexity index is 681. The van der Waals surface area contributed by atoms with Crippen LogP contribution in [0.15, 0.2) is 65.6 Å². The molecule has 0 radical (unpaired) electrons. The molecule has 0 spiro atoms. The van der Waals surface area contributed by atoms with E-state index in [4.69, 9.17) is 12.6 Å². The van der Waals surface area contributed by atoms with E-state index in [1.807, 2.05) is 0 Å². The minimum Gasteiger partial charge on any atom is -0.142 e. The molecule has 1 aliphatic carbocycles. The van der Waals surface area contributed by atoms with Crippen LogP contribution in [-0.2, 0) is 5.41 Å². The van der Waals surface area contributed by atoms with Gasteiger partial charge in [-0.15, -0.1) is 12.6 Å². The highest BCUT2D eigenvalue weighted by Gasteiger charge is 2.32. The number of fused-ring (bicyclic) bond motifs is 1. The summed E-state index contributed by atoms with van der Waals surface area (Å²) in [5.74, 6) is 0.476. The maximum atomic E-state index is 4.81. The third-order valence-corrected chi connectivity index (χ3v) is 4.86. The quantitative estimate of drug-likeness (QED) is 0.678. The second-order valence-corrected chi connectivity index (χ2v) is 5.95. The molecular formula is C18H18S. The van der Waals surface area contributed by atoms with E-state index in [1.54, 1.807) is 0 Å². The van der Waals surface area contributed by atoms with Gasteiger partial charge in [-0.2, -0.15) is 0 Å². The molecule has 96 valence electrons. The Hall–Kier alpha value is -1.47. The van der Waals surface area contributed by atoms with Gasteiger partial charge in [0.05, 0.1) is 0 Å². The van der Waals surface area contributed by atoms with Crippen molar-refractivity contribution in [1.82, 2.24) is 0 Å². The maximum absolute atomic E-state index is 4.81. The van der Waals surface area contributed by atoms with E-state index in [-0.39, 0.29) is 5.41 Å². The summed E-state index contributed by atoms with van der Waals surface area (Å²) in [7, 11) is 0. The molecule has 2 aromatic carbocycles. The lowest BCUT2D eigenvalue weighted by molar-refractivity contribution is 0.451. The summed E-state index contributed by atoms with van der Waals surface area (Å²) < 4.78 is 0. The molecule has 2 atom stereocenters. The van der Waals surface area contributed by atoms with Crippen LogP contribution in [-0.4, -0.2) is 0 Å². The van der Waals surface area contributed by atoms with Crippen LogP contribution in [0.2, 0.25) is 0 Å². The van der Waals surface area contributed by atoms with Gasteiger partial charge >= 0.3 is 0 Å². The summed E-state index contributed by atoms with van der Waals surface area (Å²) in [6.07, 6.45) is 8.83. The molecule has 19 heavy (non-hydrogen) atoms. The van der Waals surface area contributed by atoms with Crippen LogP contribution in [0.4, 0.5) is 0 Å². The van der Waals surface area contributed by atoms with Crippen LogP contribution in [0.25, 0.3) is 10.8 Å². The van der Waals surface area contributed by atoms with Gasteiger partial charge in [0.25, 0.3) is 0 Å². The van der Waals surface area contributed by atoms with Crippen molar-refractivity contribution in [2.45, 2.75) is 24.2 Å². The van der Waals surface area contributed by atoms with Crippen LogP contribution in [0.1, 0.15) is 19.4 Å². The molecule has 0 N–H and O–H groups in total. The lowest BCUT2D eigenvalue weighted by Crippen LogP contribution is -2.28. The van der Waals surface area contributed by atoms with Crippen LogP contribution < -0.4 is 0 Å². The number of hydrogen-bond donors (Lipinski definition) is 1. The van der Waals surface area contributed by atoms with Crippen LogP contribution in [0.3, 0.4) is 0 Å². The lowest BCUT2D eigenvalue weighted by Gasteiger charge is -2.35. The summed E-state index contributed by atoms with van der Waals surface area (Å²) in [6, 6.07) is 12.9. The Morgan fingerprint density at radius 3 is 2.63 bits per heavy atom. The van der Waals surface area contributed by atoms with Gasteiger partial charge in [0.15, 0.2) is 0 Å². The maximum Gasteiger partial charge on any atom is 0.0178 e. The van der Waals surface area contributed by atoms with Gasteiger partial charge in [-0.25, -0.2) is 0 Å². The summed E-state index contributed by atoms with van der Waals surface area (Å²) in [4.78, 5) is 1.10. The fourth-order valence-corrected chi connectivity index (χ4v) is 3.38. The van der Waals surface area contributed by atoms with Crippen molar-refractivity contribution >= 4 is 23.4 Å². The molecule has 0 saturated carbocycles. The van der Waals surface area contributed by atoms with Gasteiger partial charge in [-0.05, 0) is 22.3 Å². The van der Waals surface area contributed by atoms with Gasteiger partial charge in [-0.3, -0.25) is 0 Å². The van der Waals surface area contributed by atoms with Gasteiger partial charge < -0.3 is 0 Å². The van der Waals surface area contributed by atoms with Gasteiger partial charge in [0.2, 0.25) is 0 Å². The highest BCUT2D eigenvalue weighted by atomic mass is 32.1. The van der Waals surface area contributed by atoms with Crippen LogP contribution >= 0.6 is 12.6 Å². The smallest absolute Gasteiger partial charge is 0.0178 e. The highest BCUT2D eigenvalue weighted by molar-refractivity contribution is 7.80. The topological polar surface area (TPSA) is 0 Å². The van der Waals surface area contributed by atoms with E-state index in [9.17, 15) is 0 Å². The average Bonchev–Trinajstić information content (AvgIpc) is 2.43. The molecule has 0 fully saturated rings. The van der Waals surface area contributed by atoms with E-state index in [2.05, 4.69) is 74.5 Å². The van der Waals surface area contributed by atoms with Crippen molar-refractivity contribution in [2.24, 2.45) is 5.92 Å². The SMILES string of the molecule is CC1C=CC=CC1(C)c1ccc2ccccc2c1S. The van der Waals surface area contributed by atoms with E-state index < -0.39 is 0 Å². The number of benzene rings is 2. The molecule has 2 aromatic rings. The third-order valence-electron chi connectivity index (χ3n) is 4.38. The number of thiol groups is 1. The first kappa shape index (κ1) is 12.6. The zero-order chi connectivity index (χ0) is 13.5. The molecule has 0 nitrogen and oxygen atoms in total. The van der Waals surface area contributed by atoms with Crippen molar-refractivity contribution in [3.8, 4) is 0 Å². The van der Waals surface area contributed by atoms with Crippen molar-refractivity contribution in [3.63, 3.8) is 0 Å². The van der Waals surface area contributed by atoms with Gasteiger partial charge in [-0.1, -0.05) is 74.5 Å². The molecule has 1 aliphatic rings. The summed E-state index contributed by atoms with van der Waals surface area (Å²) >= 11 is 4.81. The number of rotatable bonds is 1. The normalized spacial score (nSPS) is 25.9. The molecule has 0 bridgehead atoms. The predicted octanol–water partition coefficient (Wildman–Crippen LogP) is 5.15. The van der Waals surface area contributed by atoms with E-state index in [1.165, 1.54) is 16.3 Å². The first-order valence-electron chi connectivity index (χ1n) is 6.70. The molecule has 3 rings (SSSR count). The average molecular weight is 266 g/mol. The standard InChI is InChI=1S/C18H18S/c1-13-7-5-6-12-18(13,2)16-11-10-14-8-3-4-9-15(14)17(16)19/h3-13,19H,1-2H3. The molecule has 0 amide bonds. The number of allylic oxidation sites excluding steroid dienone is 4. The summed E-state index contributed by atoms with van der Waals surface area (Å²) in [5.41, 5.74) is 1.33. The monoisotopic (exact) mass is 266 g/mol. The largest absolute Gasteiger partial charge is 0.142 e. The first-order valence-corrected chi connectivity index (χ1v) is 7.15. The molecule has 0 aromatic heterocycles. The third kappa shape index (κ3) is 1.93. The summed E-state index contributed by atoms with van der Waals surface area (Å²) in [6.45, 7) is 4.56. The fourth-order valence-electron chi connectivity index (χ4n) is 2.86.